The average Bonchev–Trinajstić information content (AvgIpc) is 3.01. The summed E-state index contributed by atoms with van der Waals surface area (Å²) in [6.07, 6.45) is 0. The predicted molar refractivity (Wildman–Crippen MR) is 89.0 cm³/mol. The van der Waals surface area contributed by atoms with Gasteiger partial charge in [0.15, 0.2) is 22.8 Å². The molecule has 0 fully saturated rings. The Labute approximate surface area is 142 Å². The molecule has 4 rings (SSSR count). The highest BCUT2D eigenvalue weighted by molar-refractivity contribution is 5.96. The van der Waals surface area contributed by atoms with Crippen LogP contribution in [-0.4, -0.2) is 31.5 Å². The maximum absolute atomic E-state index is 10.5. The van der Waals surface area contributed by atoms with Crippen molar-refractivity contribution in [3.05, 3.63) is 23.8 Å². The number of rotatable bonds is 3. The zero-order valence-corrected chi connectivity index (χ0v) is 13.9. The molecule has 0 aliphatic carbocycles. The van der Waals surface area contributed by atoms with Crippen molar-refractivity contribution in [2.24, 2.45) is 0 Å². The minimum Gasteiger partial charge on any atom is -0.502 e. The zero-order chi connectivity index (χ0) is 17.7. The van der Waals surface area contributed by atoms with Crippen LogP contribution in [-0.2, 0) is 6.61 Å². The van der Waals surface area contributed by atoms with Crippen LogP contribution < -0.4 is 18.9 Å². The summed E-state index contributed by atoms with van der Waals surface area (Å²) in [5.41, 5.74) is 1.60. The minimum atomic E-state index is -0.148. The Kier molecular flexibility index (Phi) is 3.31. The largest absolute Gasteiger partial charge is 0.502 e. The van der Waals surface area contributed by atoms with Crippen LogP contribution in [0.25, 0.3) is 22.3 Å². The van der Waals surface area contributed by atoms with Gasteiger partial charge in [-0.2, -0.15) is 0 Å². The molecule has 7 heteroatoms. The van der Waals surface area contributed by atoms with Gasteiger partial charge < -0.3 is 33.6 Å². The Morgan fingerprint density at radius 1 is 0.960 bits per heavy atom. The van der Waals surface area contributed by atoms with Crippen LogP contribution in [0.2, 0.25) is 0 Å². The molecule has 0 saturated carbocycles. The molecule has 1 aromatic heterocycles. The van der Waals surface area contributed by atoms with Crippen molar-refractivity contribution >= 4 is 11.0 Å². The number of hydrogen-bond acceptors (Lipinski definition) is 7. The highest BCUT2D eigenvalue weighted by atomic mass is 16.5. The van der Waals surface area contributed by atoms with Crippen molar-refractivity contribution in [1.29, 1.82) is 0 Å². The number of methoxy groups -OCH3 is 3. The number of hydrogen-bond donors (Lipinski definition) is 2. The first-order valence-electron chi connectivity index (χ1n) is 7.53. The molecular weight excluding hydrogens is 328 g/mol. The molecule has 3 aromatic rings. The van der Waals surface area contributed by atoms with Crippen molar-refractivity contribution in [3.63, 3.8) is 0 Å². The summed E-state index contributed by atoms with van der Waals surface area (Å²) in [5, 5.41) is 21.4. The zero-order valence-electron chi connectivity index (χ0n) is 13.9. The van der Waals surface area contributed by atoms with E-state index in [4.69, 9.17) is 23.4 Å². The molecule has 0 bridgehead atoms. The van der Waals surface area contributed by atoms with Crippen LogP contribution in [0.1, 0.15) is 5.56 Å². The van der Waals surface area contributed by atoms with E-state index in [9.17, 15) is 10.2 Å². The number of ether oxygens (including phenoxy) is 4. The summed E-state index contributed by atoms with van der Waals surface area (Å²) < 4.78 is 27.2. The highest BCUT2D eigenvalue weighted by Crippen LogP contribution is 2.52. The third-order valence-corrected chi connectivity index (χ3v) is 4.32. The molecule has 0 radical (unpaired) electrons. The van der Waals surface area contributed by atoms with E-state index >= 15 is 0 Å². The van der Waals surface area contributed by atoms with Crippen LogP contribution >= 0.6 is 0 Å². The molecule has 0 unspecified atom stereocenters. The molecule has 25 heavy (non-hydrogen) atoms. The van der Waals surface area contributed by atoms with Gasteiger partial charge in [0, 0.05) is 10.9 Å². The van der Waals surface area contributed by atoms with Gasteiger partial charge in [-0.25, -0.2) is 0 Å². The van der Waals surface area contributed by atoms with E-state index < -0.39 is 0 Å². The number of phenolic OH excluding ortho intramolecular Hbond substituents is 2. The number of aromatic hydroxyl groups is 2. The Morgan fingerprint density at radius 3 is 2.40 bits per heavy atom. The molecule has 1 aliphatic heterocycles. The van der Waals surface area contributed by atoms with Gasteiger partial charge in [0.1, 0.15) is 12.4 Å². The van der Waals surface area contributed by atoms with Gasteiger partial charge in [-0.3, -0.25) is 0 Å². The molecule has 7 nitrogen and oxygen atoms in total. The molecule has 0 saturated heterocycles. The van der Waals surface area contributed by atoms with Crippen molar-refractivity contribution in [1.82, 2.24) is 0 Å². The third kappa shape index (κ3) is 1.98. The monoisotopic (exact) mass is 344 g/mol. The van der Waals surface area contributed by atoms with E-state index in [0.29, 0.717) is 28.2 Å². The maximum atomic E-state index is 10.5. The fourth-order valence-electron chi connectivity index (χ4n) is 3.12. The van der Waals surface area contributed by atoms with Gasteiger partial charge in [0.05, 0.1) is 26.9 Å². The van der Waals surface area contributed by atoms with E-state index in [0.717, 1.165) is 5.56 Å². The van der Waals surface area contributed by atoms with Crippen LogP contribution in [0.5, 0.6) is 34.5 Å². The van der Waals surface area contributed by atoms with E-state index in [1.807, 2.05) is 0 Å². The Hall–Kier alpha value is -3.22. The molecule has 1 aliphatic rings. The molecule has 0 amide bonds. The molecule has 2 aromatic carbocycles. The number of benzene rings is 2. The summed E-state index contributed by atoms with van der Waals surface area (Å²) in [4.78, 5) is 0. The number of furan rings is 1. The lowest BCUT2D eigenvalue weighted by molar-refractivity contribution is 0.276. The fraction of sp³-hybridized carbons (Fsp3) is 0.222. The highest BCUT2D eigenvalue weighted by Gasteiger charge is 2.30. The first-order chi connectivity index (χ1) is 12.1. The number of fused-ring (bicyclic) bond motifs is 5. The second kappa shape index (κ2) is 5.41. The van der Waals surface area contributed by atoms with Crippen molar-refractivity contribution < 1.29 is 33.6 Å². The van der Waals surface area contributed by atoms with Gasteiger partial charge in [0.2, 0.25) is 17.2 Å². The molecule has 0 atom stereocenters. The standard InChI is InChI=1S/C18H16O7/c1-21-11-5-4-8-15-10(7-24-16(8)13(11)19)9-6-12(22-2)18(23-3)14(20)17(9)25-15/h4-6,19-20H,7H2,1-3H3. The normalized spacial score (nSPS) is 12.3. The molecular formula is C18H16O7. The summed E-state index contributed by atoms with van der Waals surface area (Å²) in [5.74, 6) is 1.45. The second-order valence-electron chi connectivity index (χ2n) is 5.53. The van der Waals surface area contributed by atoms with Crippen molar-refractivity contribution in [3.8, 4) is 45.8 Å². The summed E-state index contributed by atoms with van der Waals surface area (Å²) >= 11 is 0. The average molecular weight is 344 g/mol. The van der Waals surface area contributed by atoms with Crippen molar-refractivity contribution in [2.75, 3.05) is 21.3 Å². The van der Waals surface area contributed by atoms with E-state index in [-0.39, 0.29) is 35.2 Å². The van der Waals surface area contributed by atoms with Gasteiger partial charge >= 0.3 is 0 Å². The molecule has 0 spiro atoms. The van der Waals surface area contributed by atoms with Gasteiger partial charge in [-0.05, 0) is 18.2 Å². The topological polar surface area (TPSA) is 90.5 Å². The predicted octanol–water partition coefficient (Wildman–Crippen LogP) is 3.43. The van der Waals surface area contributed by atoms with Crippen LogP contribution in [0, 0.1) is 0 Å². The molecule has 130 valence electrons. The van der Waals surface area contributed by atoms with E-state index in [2.05, 4.69) is 0 Å². The van der Waals surface area contributed by atoms with Crippen LogP contribution in [0.15, 0.2) is 22.6 Å². The quantitative estimate of drug-likeness (QED) is 0.752. The SMILES string of the molecule is COc1ccc2c(c1O)OCc1c-2oc2c(O)c(OC)c(OC)cc12. The van der Waals surface area contributed by atoms with Crippen molar-refractivity contribution in [2.45, 2.75) is 6.61 Å². The molecule has 2 N–H and O–H groups in total. The second-order valence-corrected chi connectivity index (χ2v) is 5.53. The molecule has 2 heterocycles. The Bertz CT molecular complexity index is 987. The van der Waals surface area contributed by atoms with Gasteiger partial charge in [-0.15, -0.1) is 0 Å². The van der Waals surface area contributed by atoms with Gasteiger partial charge in [0.25, 0.3) is 0 Å². The first-order valence-corrected chi connectivity index (χ1v) is 7.53. The number of phenols is 2. The lowest BCUT2D eigenvalue weighted by atomic mass is 10.0. The van der Waals surface area contributed by atoms with Gasteiger partial charge in [-0.1, -0.05) is 0 Å². The maximum Gasteiger partial charge on any atom is 0.207 e. The van der Waals surface area contributed by atoms with Crippen LogP contribution in [0.3, 0.4) is 0 Å². The Balaban J connectivity index is 2.02. The summed E-state index contributed by atoms with van der Waals surface area (Å²) in [6, 6.07) is 5.09. The van der Waals surface area contributed by atoms with E-state index in [1.54, 1.807) is 18.2 Å². The van der Waals surface area contributed by atoms with E-state index in [1.165, 1.54) is 21.3 Å². The lowest BCUT2D eigenvalue weighted by Crippen LogP contribution is -2.04. The Morgan fingerprint density at radius 2 is 1.72 bits per heavy atom. The summed E-state index contributed by atoms with van der Waals surface area (Å²) in [7, 11) is 4.40. The summed E-state index contributed by atoms with van der Waals surface area (Å²) in [6.45, 7) is 0.172. The van der Waals surface area contributed by atoms with Crippen LogP contribution in [0.4, 0.5) is 0 Å². The first kappa shape index (κ1) is 15.3. The fourth-order valence-corrected chi connectivity index (χ4v) is 3.12. The minimum absolute atomic E-state index is 0.0921. The lowest BCUT2D eigenvalue weighted by Gasteiger charge is -2.19. The third-order valence-electron chi connectivity index (χ3n) is 4.32. The smallest absolute Gasteiger partial charge is 0.207 e.